The SMILES string of the molecule is CCCS(=O)(=O)Nc1ccc(F)c(C=N/N=C2/NC(=O)/C(=C\C(=O)OC)S2)c1F. The van der Waals surface area contributed by atoms with Crippen molar-refractivity contribution in [3.05, 3.63) is 40.3 Å². The van der Waals surface area contributed by atoms with Crippen molar-refractivity contribution in [1.29, 1.82) is 0 Å². The third-order valence-corrected chi connectivity index (χ3v) is 5.68. The summed E-state index contributed by atoms with van der Waals surface area (Å²) in [6.45, 7) is 1.64. The Kier molecular flexibility index (Phi) is 7.45. The summed E-state index contributed by atoms with van der Waals surface area (Å²) in [4.78, 5) is 22.9. The molecule has 1 amide bonds. The van der Waals surface area contributed by atoms with E-state index in [1.165, 1.54) is 0 Å². The van der Waals surface area contributed by atoms with Crippen LogP contribution in [-0.2, 0) is 24.3 Å². The van der Waals surface area contributed by atoms with Gasteiger partial charge in [-0.05, 0) is 30.3 Å². The number of amidine groups is 1. The molecule has 0 unspecified atom stereocenters. The van der Waals surface area contributed by atoms with E-state index in [9.17, 15) is 26.8 Å². The van der Waals surface area contributed by atoms with E-state index in [0.717, 1.165) is 43.3 Å². The number of amides is 1. The Balaban J connectivity index is 2.22. The number of methoxy groups -OCH3 is 1. The van der Waals surface area contributed by atoms with Crippen LogP contribution in [0.2, 0.25) is 0 Å². The molecule has 9 nitrogen and oxygen atoms in total. The number of hydrogen-bond acceptors (Lipinski definition) is 8. The summed E-state index contributed by atoms with van der Waals surface area (Å²) in [5.74, 6) is -3.72. The molecule has 1 saturated heterocycles. The maximum Gasteiger partial charge on any atom is 0.331 e. The molecule has 0 aromatic heterocycles. The third kappa shape index (κ3) is 6.09. The molecule has 2 rings (SSSR count). The fourth-order valence-corrected chi connectivity index (χ4v) is 3.91. The summed E-state index contributed by atoms with van der Waals surface area (Å²) in [7, 11) is -2.63. The van der Waals surface area contributed by atoms with E-state index >= 15 is 0 Å². The number of carbonyl (C=O) groups is 2. The van der Waals surface area contributed by atoms with E-state index in [1.807, 2.05) is 4.72 Å². The van der Waals surface area contributed by atoms with Crippen LogP contribution in [-0.4, -0.2) is 44.5 Å². The lowest BCUT2D eigenvalue weighted by Crippen LogP contribution is -2.19. The Hall–Kier alpha value is -2.80. The van der Waals surface area contributed by atoms with Gasteiger partial charge in [-0.3, -0.25) is 14.8 Å². The summed E-state index contributed by atoms with van der Waals surface area (Å²) in [6.07, 6.45) is 2.02. The van der Waals surface area contributed by atoms with Crippen LogP contribution in [0.4, 0.5) is 14.5 Å². The molecule has 0 saturated carbocycles. The number of hydrogen-bond donors (Lipinski definition) is 2. The minimum atomic E-state index is -3.77. The number of ether oxygens (including phenoxy) is 1. The molecule has 2 N–H and O–H groups in total. The maximum absolute atomic E-state index is 14.5. The molecule has 1 aromatic rings. The monoisotopic (exact) mass is 446 g/mol. The van der Waals surface area contributed by atoms with E-state index in [1.54, 1.807) is 6.92 Å². The molecule has 13 heteroatoms. The van der Waals surface area contributed by atoms with E-state index < -0.39 is 44.8 Å². The molecule has 0 radical (unpaired) electrons. The van der Waals surface area contributed by atoms with Gasteiger partial charge in [-0.15, -0.1) is 5.10 Å². The lowest BCUT2D eigenvalue weighted by molar-refractivity contribution is -0.135. The lowest BCUT2D eigenvalue weighted by atomic mass is 10.2. The predicted octanol–water partition coefficient (Wildman–Crippen LogP) is 1.73. The number of sulfonamides is 1. The molecule has 1 fully saturated rings. The normalized spacial score (nSPS) is 17.2. The number of halogens is 2. The van der Waals surface area contributed by atoms with Gasteiger partial charge >= 0.3 is 5.97 Å². The zero-order valence-corrected chi connectivity index (χ0v) is 16.9. The van der Waals surface area contributed by atoms with Crippen molar-refractivity contribution in [2.75, 3.05) is 17.6 Å². The van der Waals surface area contributed by atoms with Gasteiger partial charge in [-0.2, -0.15) is 5.10 Å². The Labute approximate surface area is 169 Å². The van der Waals surface area contributed by atoms with Crippen LogP contribution in [0.25, 0.3) is 0 Å². The van der Waals surface area contributed by atoms with Crippen LogP contribution in [0, 0.1) is 11.6 Å². The summed E-state index contributed by atoms with van der Waals surface area (Å²) >= 11 is 0.779. The first-order chi connectivity index (χ1) is 13.7. The molecular formula is C16H16F2N4O5S2. The Morgan fingerprint density at radius 3 is 2.76 bits per heavy atom. The minimum absolute atomic E-state index is 0.00971. The predicted molar refractivity (Wildman–Crippen MR) is 105 cm³/mol. The summed E-state index contributed by atoms with van der Waals surface area (Å²) in [5.41, 5.74) is -1.05. The largest absolute Gasteiger partial charge is 0.466 e. The Morgan fingerprint density at radius 2 is 2.10 bits per heavy atom. The minimum Gasteiger partial charge on any atom is -0.466 e. The van der Waals surface area contributed by atoms with Crippen LogP contribution >= 0.6 is 11.8 Å². The molecule has 1 aliphatic heterocycles. The molecular weight excluding hydrogens is 430 g/mol. The van der Waals surface area contributed by atoms with Crippen LogP contribution in [0.3, 0.4) is 0 Å². The molecule has 0 atom stereocenters. The number of nitrogens with one attached hydrogen (secondary N) is 2. The third-order valence-electron chi connectivity index (χ3n) is 3.30. The Bertz CT molecular complexity index is 1020. The van der Waals surface area contributed by atoms with Crippen molar-refractivity contribution in [2.45, 2.75) is 13.3 Å². The highest BCUT2D eigenvalue weighted by Crippen LogP contribution is 2.24. The van der Waals surface area contributed by atoms with Crippen LogP contribution in [0.5, 0.6) is 0 Å². The van der Waals surface area contributed by atoms with Crippen molar-refractivity contribution >= 4 is 50.7 Å². The van der Waals surface area contributed by atoms with Gasteiger partial charge < -0.3 is 4.74 Å². The highest BCUT2D eigenvalue weighted by Gasteiger charge is 2.25. The van der Waals surface area contributed by atoms with Gasteiger partial charge in [0.05, 0.1) is 35.2 Å². The highest BCUT2D eigenvalue weighted by molar-refractivity contribution is 8.18. The van der Waals surface area contributed by atoms with Gasteiger partial charge in [0, 0.05) is 6.08 Å². The second-order valence-electron chi connectivity index (χ2n) is 5.48. The smallest absolute Gasteiger partial charge is 0.331 e. The summed E-state index contributed by atoms with van der Waals surface area (Å²) < 4.78 is 58.4. The molecule has 0 spiro atoms. The maximum atomic E-state index is 14.5. The van der Waals surface area contributed by atoms with Crippen molar-refractivity contribution in [3.8, 4) is 0 Å². The van der Waals surface area contributed by atoms with Crippen molar-refractivity contribution in [3.63, 3.8) is 0 Å². The number of esters is 1. The van der Waals surface area contributed by atoms with Gasteiger partial charge in [0.1, 0.15) is 5.82 Å². The van der Waals surface area contributed by atoms with E-state index in [-0.39, 0.29) is 15.8 Å². The Morgan fingerprint density at radius 1 is 1.38 bits per heavy atom. The second kappa shape index (κ2) is 9.60. The standard InChI is InChI=1S/C16H16F2N4O5S2/c1-3-6-29(25,26)22-11-5-4-10(17)9(14(11)18)8-19-21-16-20-15(24)12(28-16)7-13(23)27-2/h4-5,7-8,22H,3,6H2,1-2H3,(H,20,21,24)/b12-7+,19-8?. The zero-order chi connectivity index (χ0) is 21.6. The fraction of sp³-hybridized carbons (Fsp3) is 0.250. The van der Waals surface area contributed by atoms with Crippen LogP contribution < -0.4 is 10.0 Å². The summed E-state index contributed by atoms with van der Waals surface area (Å²) in [5, 5.41) is 9.42. The first-order valence-electron chi connectivity index (χ1n) is 8.05. The number of rotatable bonds is 7. The quantitative estimate of drug-likeness (QED) is 0.284. The number of nitrogens with zero attached hydrogens (tertiary/aromatic N) is 2. The van der Waals surface area contributed by atoms with Crippen LogP contribution in [0.15, 0.2) is 33.3 Å². The van der Waals surface area contributed by atoms with Gasteiger partial charge in [-0.1, -0.05) is 6.92 Å². The van der Waals surface area contributed by atoms with Crippen molar-refractivity contribution in [2.24, 2.45) is 10.2 Å². The first-order valence-corrected chi connectivity index (χ1v) is 10.5. The first kappa shape index (κ1) is 22.5. The molecule has 0 bridgehead atoms. The summed E-state index contributed by atoms with van der Waals surface area (Å²) in [6, 6.07) is 1.84. The van der Waals surface area contributed by atoms with E-state index in [4.69, 9.17) is 0 Å². The fourth-order valence-electron chi connectivity index (χ4n) is 2.03. The lowest BCUT2D eigenvalue weighted by Gasteiger charge is -2.09. The molecule has 1 aliphatic rings. The van der Waals surface area contributed by atoms with E-state index in [2.05, 4.69) is 20.3 Å². The zero-order valence-electron chi connectivity index (χ0n) is 15.2. The number of thioether (sulfide) groups is 1. The number of carbonyl (C=O) groups excluding carboxylic acids is 2. The van der Waals surface area contributed by atoms with Crippen molar-refractivity contribution < 1.29 is 31.5 Å². The topological polar surface area (TPSA) is 126 Å². The average Bonchev–Trinajstić information content (AvgIpc) is 2.99. The molecule has 0 aliphatic carbocycles. The second-order valence-corrected chi connectivity index (χ2v) is 8.35. The van der Waals surface area contributed by atoms with E-state index in [0.29, 0.717) is 6.42 Å². The highest BCUT2D eigenvalue weighted by atomic mass is 32.2. The van der Waals surface area contributed by atoms with Gasteiger partial charge in [0.15, 0.2) is 11.0 Å². The van der Waals surface area contributed by atoms with Gasteiger partial charge in [0.2, 0.25) is 10.0 Å². The molecule has 1 heterocycles. The molecule has 29 heavy (non-hydrogen) atoms. The van der Waals surface area contributed by atoms with Gasteiger partial charge in [-0.25, -0.2) is 22.0 Å². The number of anilines is 1. The number of benzene rings is 1. The van der Waals surface area contributed by atoms with Crippen LogP contribution in [0.1, 0.15) is 18.9 Å². The van der Waals surface area contributed by atoms with Gasteiger partial charge in [0.25, 0.3) is 5.91 Å². The molecule has 156 valence electrons. The average molecular weight is 446 g/mol. The molecule has 1 aromatic carbocycles. The van der Waals surface area contributed by atoms with Crippen molar-refractivity contribution in [1.82, 2.24) is 5.32 Å².